The summed E-state index contributed by atoms with van der Waals surface area (Å²) < 4.78 is 53.4. The molecule has 15 heteroatoms. The van der Waals surface area contributed by atoms with Crippen LogP contribution in [-0.2, 0) is 43.4 Å². The molecule has 12 nitrogen and oxygen atoms in total. The number of nitrogens with zero attached hydrogens (tertiary/aromatic N) is 2. The molecule has 2 aromatic rings. The fourth-order valence-electron chi connectivity index (χ4n) is 7.54. The van der Waals surface area contributed by atoms with Gasteiger partial charge in [-0.2, -0.15) is 0 Å². The number of halogens is 3. The van der Waals surface area contributed by atoms with Gasteiger partial charge in [-0.25, -0.2) is 22.8 Å². The number of fused-ring (bicyclic) bond motifs is 3. The molecule has 3 unspecified atom stereocenters. The molecule has 3 aliphatic heterocycles. The first-order chi connectivity index (χ1) is 26.1. The maximum absolute atomic E-state index is 14.4. The minimum absolute atomic E-state index is 0.00232. The Balaban J connectivity index is 1.22. The first-order valence-corrected chi connectivity index (χ1v) is 18.9. The van der Waals surface area contributed by atoms with E-state index in [0.717, 1.165) is 25.0 Å². The molecule has 2 aromatic carbocycles. The Morgan fingerprint density at radius 1 is 1.02 bits per heavy atom. The zero-order valence-electron chi connectivity index (χ0n) is 31.3. The van der Waals surface area contributed by atoms with Gasteiger partial charge in [-0.05, 0) is 76.1 Å². The van der Waals surface area contributed by atoms with Gasteiger partial charge in [0.25, 0.3) is 0 Å². The molecule has 0 bridgehead atoms. The zero-order valence-corrected chi connectivity index (χ0v) is 31.3. The van der Waals surface area contributed by atoms with Gasteiger partial charge < -0.3 is 30.3 Å². The highest BCUT2D eigenvalue weighted by atomic mass is 19.1. The summed E-state index contributed by atoms with van der Waals surface area (Å²) >= 11 is 0. The minimum Gasteiger partial charge on any atom is -0.444 e. The Kier molecular flexibility index (Phi) is 11.8. The number of hydrogen-bond donors (Lipinski definition) is 3. The van der Waals surface area contributed by atoms with Crippen LogP contribution in [0.15, 0.2) is 48.6 Å². The van der Waals surface area contributed by atoms with Crippen LogP contribution in [0, 0.1) is 23.4 Å². The van der Waals surface area contributed by atoms with Crippen molar-refractivity contribution in [3.63, 3.8) is 0 Å². The fourth-order valence-corrected chi connectivity index (χ4v) is 7.54. The molecule has 1 saturated carbocycles. The average molecular weight is 768 g/mol. The van der Waals surface area contributed by atoms with E-state index in [9.17, 15) is 37.1 Å². The van der Waals surface area contributed by atoms with Gasteiger partial charge in [-0.15, -0.1) is 0 Å². The van der Waals surface area contributed by atoms with Crippen molar-refractivity contribution in [3.8, 4) is 0 Å². The normalized spacial score (nSPS) is 26.0. The highest BCUT2D eigenvalue weighted by Crippen LogP contribution is 2.45. The van der Waals surface area contributed by atoms with Crippen molar-refractivity contribution in [2.24, 2.45) is 5.92 Å². The van der Waals surface area contributed by atoms with E-state index in [2.05, 4.69) is 16.0 Å². The second kappa shape index (κ2) is 16.3. The second-order valence-electron chi connectivity index (χ2n) is 15.8. The number of hydrogen-bond acceptors (Lipinski definition) is 7. The van der Waals surface area contributed by atoms with Crippen molar-refractivity contribution >= 4 is 29.9 Å². The van der Waals surface area contributed by atoms with E-state index in [1.807, 2.05) is 12.2 Å². The van der Waals surface area contributed by atoms with Crippen molar-refractivity contribution in [3.05, 3.63) is 82.7 Å². The SMILES string of the molecule is CC(C)(C)OC(=O)NC1CCCCC/C=C\C2CC2(C(=O)NCCc2ccc(F)cc2F)NC(=O)[C@@H]2C[C@@H](OC(=O)N3Cc4cccc(F)c4C3)CN2C1=O. The van der Waals surface area contributed by atoms with Crippen LogP contribution < -0.4 is 16.0 Å². The summed E-state index contributed by atoms with van der Waals surface area (Å²) in [7, 11) is 0. The standard InChI is InChI=1S/C40H48F3N5O7/c1-39(2,3)55-37(52)45-32-13-8-6-4-5-7-11-26-20-40(26,36(51)44-17-16-24-14-15-27(41)18-31(24)43)46-34(49)33-19-28(22-48(33)35(32)50)54-38(53)47-21-25-10-9-12-30(42)29(25)23-47/h7,9-12,14-15,18,26,28,32-33H,4-6,8,13,16-17,19-23H2,1-3H3,(H,44,51)(H,45,52)(H,46,49)/b11-7-/t26?,28-,32?,33+,40?/m1/s1. The van der Waals surface area contributed by atoms with Gasteiger partial charge in [0.1, 0.15) is 46.8 Å². The molecule has 0 aromatic heterocycles. The quantitative estimate of drug-likeness (QED) is 0.344. The van der Waals surface area contributed by atoms with Crippen LogP contribution in [0.4, 0.5) is 22.8 Å². The summed E-state index contributed by atoms with van der Waals surface area (Å²) in [6.45, 7) is 5.08. The molecule has 1 saturated heterocycles. The van der Waals surface area contributed by atoms with E-state index < -0.39 is 76.7 Å². The van der Waals surface area contributed by atoms with Gasteiger partial charge in [0.15, 0.2) is 0 Å². The molecule has 55 heavy (non-hydrogen) atoms. The molecular weight excluding hydrogens is 719 g/mol. The van der Waals surface area contributed by atoms with E-state index in [-0.39, 0.29) is 63.3 Å². The van der Waals surface area contributed by atoms with Gasteiger partial charge in [-0.1, -0.05) is 43.2 Å². The summed E-state index contributed by atoms with van der Waals surface area (Å²) in [5, 5.41) is 8.38. The Hall–Kier alpha value is -5.08. The number of allylic oxidation sites excluding steroid dienone is 1. The van der Waals surface area contributed by atoms with Crippen LogP contribution >= 0.6 is 0 Å². The van der Waals surface area contributed by atoms with Crippen LogP contribution in [0.5, 0.6) is 0 Å². The van der Waals surface area contributed by atoms with Crippen molar-refractivity contribution in [1.29, 1.82) is 0 Å². The third-order valence-electron chi connectivity index (χ3n) is 10.5. The summed E-state index contributed by atoms with van der Waals surface area (Å²) in [6.07, 6.45) is 4.70. The summed E-state index contributed by atoms with van der Waals surface area (Å²) in [5.41, 5.74) is -0.936. The maximum atomic E-state index is 14.4. The predicted octanol–water partition coefficient (Wildman–Crippen LogP) is 5.17. The lowest BCUT2D eigenvalue weighted by Crippen LogP contribution is -2.58. The molecule has 0 radical (unpaired) electrons. The predicted molar refractivity (Wildman–Crippen MR) is 193 cm³/mol. The molecule has 4 aliphatic rings. The number of alkyl carbamates (subject to hydrolysis) is 1. The van der Waals surface area contributed by atoms with E-state index in [0.29, 0.717) is 24.0 Å². The van der Waals surface area contributed by atoms with Crippen LogP contribution in [-0.4, -0.2) is 82.1 Å². The monoisotopic (exact) mass is 767 g/mol. The van der Waals surface area contributed by atoms with E-state index in [1.165, 1.54) is 21.9 Å². The highest BCUT2D eigenvalue weighted by Gasteiger charge is 2.61. The minimum atomic E-state index is -1.36. The Morgan fingerprint density at radius 2 is 1.82 bits per heavy atom. The largest absolute Gasteiger partial charge is 0.444 e. The number of amides is 5. The molecule has 5 amide bonds. The van der Waals surface area contributed by atoms with Crippen molar-refractivity contribution in [2.45, 2.75) is 115 Å². The lowest BCUT2D eigenvalue weighted by Gasteiger charge is -2.30. The Morgan fingerprint density at radius 3 is 2.56 bits per heavy atom. The molecule has 6 rings (SSSR count). The molecule has 3 heterocycles. The third kappa shape index (κ3) is 9.42. The van der Waals surface area contributed by atoms with Crippen molar-refractivity contribution in [1.82, 2.24) is 25.8 Å². The summed E-state index contributed by atoms with van der Waals surface area (Å²) in [5.74, 6) is -3.95. The number of benzene rings is 2. The topological polar surface area (TPSA) is 146 Å². The molecule has 3 N–H and O–H groups in total. The number of nitrogens with one attached hydrogen (secondary N) is 3. The van der Waals surface area contributed by atoms with Gasteiger partial charge in [0.2, 0.25) is 17.7 Å². The zero-order chi connectivity index (χ0) is 39.5. The van der Waals surface area contributed by atoms with Crippen LogP contribution in [0.3, 0.4) is 0 Å². The first kappa shape index (κ1) is 39.6. The summed E-state index contributed by atoms with van der Waals surface area (Å²) in [4.78, 5) is 71.4. The third-order valence-corrected chi connectivity index (χ3v) is 10.5. The highest BCUT2D eigenvalue weighted by molar-refractivity contribution is 5.98. The molecule has 0 spiro atoms. The van der Waals surface area contributed by atoms with Gasteiger partial charge in [-0.3, -0.25) is 19.3 Å². The molecule has 296 valence electrons. The second-order valence-corrected chi connectivity index (χ2v) is 15.8. The fraction of sp³-hybridized carbons (Fsp3) is 0.525. The van der Waals surface area contributed by atoms with Gasteiger partial charge >= 0.3 is 12.2 Å². The first-order valence-electron chi connectivity index (χ1n) is 18.9. The number of carbonyl (C=O) groups excluding carboxylic acids is 5. The molecule has 1 aliphatic carbocycles. The number of carbonyl (C=O) groups is 5. The lowest BCUT2D eigenvalue weighted by atomic mass is 10.0. The lowest BCUT2D eigenvalue weighted by molar-refractivity contribution is -0.141. The van der Waals surface area contributed by atoms with E-state index >= 15 is 0 Å². The Bertz CT molecular complexity index is 1850. The van der Waals surface area contributed by atoms with Crippen molar-refractivity contribution < 1.29 is 46.6 Å². The van der Waals surface area contributed by atoms with Gasteiger partial charge in [0.05, 0.1) is 13.1 Å². The van der Waals surface area contributed by atoms with Crippen LogP contribution in [0.25, 0.3) is 0 Å². The molecule has 5 atom stereocenters. The smallest absolute Gasteiger partial charge is 0.410 e. The van der Waals surface area contributed by atoms with Crippen molar-refractivity contribution in [2.75, 3.05) is 13.1 Å². The summed E-state index contributed by atoms with van der Waals surface area (Å²) in [6, 6.07) is 5.59. The van der Waals surface area contributed by atoms with E-state index in [1.54, 1.807) is 32.9 Å². The maximum Gasteiger partial charge on any atom is 0.410 e. The number of ether oxygens (including phenoxy) is 2. The Labute approximate surface area is 318 Å². The average Bonchev–Trinajstić information content (AvgIpc) is 3.41. The van der Waals surface area contributed by atoms with Gasteiger partial charge in [0, 0.05) is 37.1 Å². The molecule has 2 fully saturated rings. The van der Waals surface area contributed by atoms with Crippen LogP contribution in [0.1, 0.15) is 82.4 Å². The molecular formula is C40H48F3N5O7. The number of rotatable bonds is 6. The van der Waals surface area contributed by atoms with E-state index in [4.69, 9.17) is 9.47 Å². The van der Waals surface area contributed by atoms with Crippen LogP contribution in [0.2, 0.25) is 0 Å².